The molecule has 0 saturated carbocycles. The number of para-hydroxylation sites is 1. The Morgan fingerprint density at radius 1 is 0.451 bits per heavy atom. The molecule has 2 nitrogen and oxygen atoms in total. The zero-order valence-electron chi connectivity index (χ0n) is 28.1. The molecule has 0 unspecified atom stereocenters. The molecule has 0 aliphatic rings. The highest BCUT2D eigenvalue weighted by Crippen LogP contribution is 2.41. The second-order valence-corrected chi connectivity index (χ2v) is 13.0. The van der Waals surface area contributed by atoms with Gasteiger partial charge in [-0.05, 0) is 84.6 Å². The first-order chi connectivity index (χ1) is 25.1. The Hall–Kier alpha value is -6.77. The summed E-state index contributed by atoms with van der Waals surface area (Å²) < 4.78 is 0. The number of aromatic nitrogens is 1. The van der Waals surface area contributed by atoms with E-state index in [1.54, 1.807) is 6.08 Å². The third kappa shape index (κ3) is 5.44. The van der Waals surface area contributed by atoms with Gasteiger partial charge in [-0.2, -0.15) is 0 Å². The van der Waals surface area contributed by atoms with Crippen molar-refractivity contribution in [3.63, 3.8) is 0 Å². The van der Waals surface area contributed by atoms with E-state index in [2.05, 4.69) is 158 Å². The lowest BCUT2D eigenvalue weighted by Crippen LogP contribution is -1.95. The van der Waals surface area contributed by atoms with Crippen LogP contribution >= 0.6 is 0 Å². The maximum atomic E-state index is 6.63. The molecule has 0 radical (unpaired) electrons. The van der Waals surface area contributed by atoms with Crippen molar-refractivity contribution in [1.29, 1.82) is 0 Å². The number of anilines is 1. The lowest BCUT2D eigenvalue weighted by molar-refractivity contribution is 1.41. The molecule has 0 bridgehead atoms. The molecule has 240 valence electrons. The highest BCUT2D eigenvalue weighted by molar-refractivity contribution is 6.16. The third-order valence-electron chi connectivity index (χ3n) is 9.98. The topological polar surface area (TPSA) is 38.9 Å². The van der Waals surface area contributed by atoms with Gasteiger partial charge in [0.25, 0.3) is 0 Å². The summed E-state index contributed by atoms with van der Waals surface area (Å²) in [5.74, 6) is 0. The fraction of sp³-hybridized carbons (Fsp3) is 0. The first-order valence-corrected chi connectivity index (χ1v) is 17.3. The van der Waals surface area contributed by atoms with Crippen molar-refractivity contribution in [1.82, 2.24) is 4.98 Å². The molecule has 0 atom stereocenters. The summed E-state index contributed by atoms with van der Waals surface area (Å²) in [6.07, 6.45) is 5.66. The number of benzene rings is 8. The second kappa shape index (κ2) is 12.6. The van der Waals surface area contributed by atoms with Crippen molar-refractivity contribution >= 4 is 55.0 Å². The van der Waals surface area contributed by atoms with E-state index < -0.39 is 0 Å². The molecule has 2 N–H and O–H groups in total. The van der Waals surface area contributed by atoms with Gasteiger partial charge in [-0.15, -0.1) is 0 Å². The maximum Gasteiger partial charge on any atom is 0.0794 e. The van der Waals surface area contributed by atoms with Crippen LogP contribution in [0.5, 0.6) is 0 Å². The van der Waals surface area contributed by atoms with Gasteiger partial charge < -0.3 is 5.73 Å². The van der Waals surface area contributed by atoms with Crippen LogP contribution in [-0.2, 0) is 0 Å². The van der Waals surface area contributed by atoms with Gasteiger partial charge in [-0.25, -0.2) is 4.98 Å². The van der Waals surface area contributed by atoms with Crippen LogP contribution in [-0.4, -0.2) is 4.98 Å². The number of hydrogen-bond acceptors (Lipinski definition) is 2. The van der Waals surface area contributed by atoms with Gasteiger partial charge in [0.2, 0.25) is 0 Å². The van der Waals surface area contributed by atoms with Crippen LogP contribution in [0.25, 0.3) is 93.9 Å². The van der Waals surface area contributed by atoms with Crippen LogP contribution in [0.1, 0.15) is 5.56 Å². The lowest BCUT2D eigenvalue weighted by Gasteiger charge is -2.16. The molecule has 1 aromatic heterocycles. The predicted octanol–water partition coefficient (Wildman–Crippen LogP) is 13.1. The van der Waals surface area contributed by atoms with Gasteiger partial charge in [-0.1, -0.05) is 164 Å². The number of nitrogen functional groups attached to an aromatic ring is 1. The zero-order valence-corrected chi connectivity index (χ0v) is 28.1. The van der Waals surface area contributed by atoms with Crippen molar-refractivity contribution < 1.29 is 0 Å². The normalized spacial score (nSPS) is 11.6. The SMILES string of the molecule is C=C/C=C\c1cccc(-c2ccc(-c3cc(-c4ccc5ccccc5c4)c4cc(-c5ccc6ccccc6c5)c5ccccc5c4n3)cc2)c1N. The van der Waals surface area contributed by atoms with Crippen molar-refractivity contribution in [3.8, 4) is 44.6 Å². The maximum absolute atomic E-state index is 6.63. The molecular weight excluding hydrogens is 617 g/mol. The number of nitrogens with two attached hydrogens (primary N) is 1. The number of nitrogens with zero attached hydrogens (tertiary/aromatic N) is 1. The van der Waals surface area contributed by atoms with E-state index >= 15 is 0 Å². The number of fused-ring (bicyclic) bond motifs is 5. The fourth-order valence-corrected chi connectivity index (χ4v) is 7.36. The minimum absolute atomic E-state index is 0.749. The Balaban J connectivity index is 1.26. The highest BCUT2D eigenvalue weighted by atomic mass is 14.7. The molecule has 9 aromatic rings. The number of allylic oxidation sites excluding steroid dienone is 2. The molecule has 0 aliphatic carbocycles. The van der Waals surface area contributed by atoms with Gasteiger partial charge in [0.1, 0.15) is 0 Å². The Bertz CT molecular complexity index is 2820. The summed E-state index contributed by atoms with van der Waals surface area (Å²) in [4.78, 5) is 5.43. The first kappa shape index (κ1) is 30.3. The van der Waals surface area contributed by atoms with Crippen molar-refractivity contribution in [3.05, 3.63) is 188 Å². The van der Waals surface area contributed by atoms with Gasteiger partial charge in [0, 0.05) is 27.6 Å². The van der Waals surface area contributed by atoms with Crippen molar-refractivity contribution in [2.24, 2.45) is 0 Å². The minimum Gasteiger partial charge on any atom is -0.398 e. The molecule has 0 saturated heterocycles. The van der Waals surface area contributed by atoms with Gasteiger partial charge in [0.05, 0.1) is 11.2 Å². The molecule has 51 heavy (non-hydrogen) atoms. The van der Waals surface area contributed by atoms with E-state index in [0.29, 0.717) is 0 Å². The Kier molecular flexibility index (Phi) is 7.48. The average Bonchev–Trinajstić information content (AvgIpc) is 3.19. The van der Waals surface area contributed by atoms with Crippen LogP contribution in [0.3, 0.4) is 0 Å². The summed E-state index contributed by atoms with van der Waals surface area (Å²) in [5.41, 5.74) is 18.1. The zero-order chi connectivity index (χ0) is 34.3. The molecular formula is C49H34N2. The van der Waals surface area contributed by atoms with E-state index in [9.17, 15) is 0 Å². The van der Waals surface area contributed by atoms with Crippen LogP contribution in [0, 0.1) is 0 Å². The van der Waals surface area contributed by atoms with E-state index in [0.717, 1.165) is 61.1 Å². The molecule has 9 rings (SSSR count). The van der Waals surface area contributed by atoms with Gasteiger partial charge >= 0.3 is 0 Å². The molecule has 0 spiro atoms. The number of hydrogen-bond donors (Lipinski definition) is 1. The smallest absolute Gasteiger partial charge is 0.0794 e. The quantitative estimate of drug-likeness (QED) is 0.110. The Morgan fingerprint density at radius 3 is 1.69 bits per heavy atom. The van der Waals surface area contributed by atoms with Crippen molar-refractivity contribution in [2.45, 2.75) is 0 Å². The number of pyridine rings is 1. The van der Waals surface area contributed by atoms with Crippen LogP contribution in [0.2, 0.25) is 0 Å². The minimum atomic E-state index is 0.749. The van der Waals surface area contributed by atoms with Crippen LogP contribution < -0.4 is 5.73 Å². The van der Waals surface area contributed by atoms with Crippen molar-refractivity contribution in [2.75, 3.05) is 5.73 Å². The molecule has 0 fully saturated rings. The molecule has 1 heterocycles. The average molecular weight is 651 g/mol. The number of rotatable bonds is 6. The van der Waals surface area contributed by atoms with Gasteiger partial charge in [0.15, 0.2) is 0 Å². The summed E-state index contributed by atoms with van der Waals surface area (Å²) in [6.45, 7) is 3.79. The third-order valence-corrected chi connectivity index (χ3v) is 9.98. The monoisotopic (exact) mass is 650 g/mol. The summed E-state index contributed by atoms with van der Waals surface area (Å²) in [6, 6.07) is 58.7. The largest absolute Gasteiger partial charge is 0.398 e. The van der Waals surface area contributed by atoms with E-state index in [1.165, 1.54) is 38.1 Å². The predicted molar refractivity (Wildman–Crippen MR) is 220 cm³/mol. The Labute approximate surface area is 297 Å². The van der Waals surface area contributed by atoms with E-state index in [4.69, 9.17) is 10.7 Å². The van der Waals surface area contributed by atoms with Gasteiger partial charge in [-0.3, -0.25) is 0 Å². The summed E-state index contributed by atoms with van der Waals surface area (Å²) in [7, 11) is 0. The molecule has 2 heteroatoms. The molecule has 0 aliphatic heterocycles. The van der Waals surface area contributed by atoms with Crippen LogP contribution in [0.15, 0.2) is 183 Å². The molecule has 0 amide bonds. The Morgan fingerprint density at radius 2 is 1.02 bits per heavy atom. The van der Waals surface area contributed by atoms with E-state index in [-0.39, 0.29) is 0 Å². The summed E-state index contributed by atoms with van der Waals surface area (Å²) in [5, 5.41) is 8.35. The van der Waals surface area contributed by atoms with E-state index in [1.807, 2.05) is 24.3 Å². The highest BCUT2D eigenvalue weighted by Gasteiger charge is 2.17. The fourth-order valence-electron chi connectivity index (χ4n) is 7.36. The summed E-state index contributed by atoms with van der Waals surface area (Å²) >= 11 is 0. The standard InChI is InChI=1S/C49H34N2/c1-2-3-11-36-16-10-19-41(48(36)50)34-22-24-35(25-23-34)47-31-45(40-27-21-33-13-5-7-15-38(33)29-40)46-30-44(42-17-8-9-18-43(42)49(46)51-47)39-26-20-32-12-4-6-14-37(32)28-39/h2-31H,1,50H2/b11-3-. The molecule has 8 aromatic carbocycles. The lowest BCUT2D eigenvalue weighted by atomic mass is 9.90. The second-order valence-electron chi connectivity index (χ2n) is 13.0. The van der Waals surface area contributed by atoms with Crippen LogP contribution in [0.4, 0.5) is 5.69 Å². The first-order valence-electron chi connectivity index (χ1n) is 17.3.